The summed E-state index contributed by atoms with van der Waals surface area (Å²) in [6.45, 7) is 5.62. The Hall–Kier alpha value is -3.08. The highest BCUT2D eigenvalue weighted by Crippen LogP contribution is 2.33. The molecule has 0 aliphatic carbocycles. The van der Waals surface area contributed by atoms with Gasteiger partial charge in [0.15, 0.2) is 6.10 Å². The van der Waals surface area contributed by atoms with Gasteiger partial charge in [-0.3, -0.25) is 0 Å². The molecule has 3 rings (SSSR count). The molecule has 0 saturated heterocycles. The summed E-state index contributed by atoms with van der Waals surface area (Å²) in [6.07, 6.45) is -0.758. The van der Waals surface area contributed by atoms with Crippen molar-refractivity contribution in [2.75, 3.05) is 7.11 Å². The summed E-state index contributed by atoms with van der Waals surface area (Å²) in [4.78, 5) is 23.6. The van der Waals surface area contributed by atoms with Gasteiger partial charge in [0.25, 0.3) is 0 Å². The van der Waals surface area contributed by atoms with Crippen LogP contribution in [0.25, 0.3) is 22.1 Å². The maximum atomic E-state index is 12.1. The van der Waals surface area contributed by atoms with Crippen LogP contribution in [0, 0.1) is 13.8 Å². The molecule has 0 amide bonds. The minimum atomic E-state index is -0.758. The predicted octanol–water partition coefficient (Wildman–Crippen LogP) is 4.02. The molecule has 0 saturated carbocycles. The van der Waals surface area contributed by atoms with Crippen molar-refractivity contribution in [3.05, 3.63) is 64.0 Å². The molecular formula is C21H20O5. The summed E-state index contributed by atoms with van der Waals surface area (Å²) in [7, 11) is 1.30. The van der Waals surface area contributed by atoms with Crippen LogP contribution in [-0.2, 0) is 9.53 Å². The van der Waals surface area contributed by atoms with Gasteiger partial charge in [0.1, 0.15) is 11.3 Å². The average molecular weight is 352 g/mol. The molecule has 1 aromatic heterocycles. The Morgan fingerprint density at radius 2 is 1.77 bits per heavy atom. The van der Waals surface area contributed by atoms with Gasteiger partial charge in [-0.25, -0.2) is 9.59 Å². The van der Waals surface area contributed by atoms with Gasteiger partial charge in [-0.15, -0.1) is 0 Å². The summed E-state index contributed by atoms with van der Waals surface area (Å²) in [5.74, 6) is -0.0481. The number of rotatable bonds is 4. The van der Waals surface area contributed by atoms with Crippen molar-refractivity contribution in [1.82, 2.24) is 0 Å². The third kappa shape index (κ3) is 3.33. The second kappa shape index (κ2) is 7.04. The standard InChI is InChI=1S/C21H20O5/c1-12-6-5-7-13(2)20(12)17-11-19(22)26-18-10-15(8-9-16(17)18)25-14(3)21(23)24-4/h5-11,14H,1-4H3/t14-/m1/s1. The van der Waals surface area contributed by atoms with Crippen molar-refractivity contribution < 1.29 is 18.7 Å². The fraction of sp³-hybridized carbons (Fsp3) is 0.238. The number of carbonyl (C=O) groups excluding carboxylic acids is 1. The van der Waals surface area contributed by atoms with Crippen LogP contribution in [0.5, 0.6) is 5.75 Å². The lowest BCUT2D eigenvalue weighted by atomic mass is 9.94. The summed E-state index contributed by atoms with van der Waals surface area (Å²) >= 11 is 0. The molecule has 5 heteroatoms. The quantitative estimate of drug-likeness (QED) is 0.524. The number of ether oxygens (including phenoxy) is 2. The monoisotopic (exact) mass is 352 g/mol. The molecule has 1 heterocycles. The van der Waals surface area contributed by atoms with Crippen LogP contribution < -0.4 is 10.4 Å². The topological polar surface area (TPSA) is 65.7 Å². The highest BCUT2D eigenvalue weighted by atomic mass is 16.6. The summed E-state index contributed by atoms with van der Waals surface area (Å²) in [6, 6.07) is 12.7. The average Bonchev–Trinajstić information content (AvgIpc) is 2.60. The molecule has 0 fully saturated rings. The number of benzene rings is 2. The van der Waals surface area contributed by atoms with E-state index < -0.39 is 17.7 Å². The maximum absolute atomic E-state index is 12.1. The fourth-order valence-electron chi connectivity index (χ4n) is 3.08. The molecule has 0 spiro atoms. The molecule has 5 nitrogen and oxygen atoms in total. The summed E-state index contributed by atoms with van der Waals surface area (Å²) in [5.41, 5.74) is 3.97. The first-order chi connectivity index (χ1) is 12.4. The van der Waals surface area contributed by atoms with Gasteiger partial charge in [-0.2, -0.15) is 0 Å². The third-order valence-electron chi connectivity index (χ3n) is 4.31. The second-order valence-corrected chi connectivity index (χ2v) is 6.19. The molecule has 134 valence electrons. The Morgan fingerprint density at radius 1 is 1.08 bits per heavy atom. The van der Waals surface area contributed by atoms with E-state index in [1.54, 1.807) is 19.1 Å². The van der Waals surface area contributed by atoms with Crippen molar-refractivity contribution in [3.63, 3.8) is 0 Å². The first kappa shape index (κ1) is 17.7. The lowest BCUT2D eigenvalue weighted by molar-refractivity contribution is -0.147. The Bertz CT molecular complexity index is 1010. The van der Waals surface area contributed by atoms with E-state index in [9.17, 15) is 9.59 Å². The van der Waals surface area contributed by atoms with Crippen molar-refractivity contribution in [1.29, 1.82) is 0 Å². The Balaban J connectivity index is 2.13. The van der Waals surface area contributed by atoms with E-state index >= 15 is 0 Å². The Kier molecular flexibility index (Phi) is 4.80. The first-order valence-corrected chi connectivity index (χ1v) is 8.29. The van der Waals surface area contributed by atoms with Crippen LogP contribution in [-0.4, -0.2) is 19.2 Å². The number of hydrogen-bond acceptors (Lipinski definition) is 5. The molecule has 1 atom stereocenters. The van der Waals surface area contributed by atoms with Crippen LogP contribution >= 0.6 is 0 Å². The second-order valence-electron chi connectivity index (χ2n) is 6.19. The van der Waals surface area contributed by atoms with Gasteiger partial charge in [0.05, 0.1) is 7.11 Å². The number of hydrogen-bond donors (Lipinski definition) is 0. The van der Waals surface area contributed by atoms with Gasteiger partial charge in [0, 0.05) is 23.1 Å². The molecule has 3 aromatic rings. The van der Waals surface area contributed by atoms with Gasteiger partial charge in [0.2, 0.25) is 0 Å². The highest BCUT2D eigenvalue weighted by molar-refractivity contribution is 5.95. The van der Waals surface area contributed by atoms with Gasteiger partial charge in [-0.05, 0) is 49.6 Å². The smallest absolute Gasteiger partial charge is 0.346 e. The SMILES string of the molecule is COC(=O)[C@@H](C)Oc1ccc2c(-c3c(C)cccc3C)cc(=O)oc2c1. The molecule has 0 radical (unpaired) electrons. The van der Waals surface area contributed by atoms with E-state index in [2.05, 4.69) is 4.74 Å². The van der Waals surface area contributed by atoms with Crippen molar-refractivity contribution in [2.24, 2.45) is 0 Å². The highest BCUT2D eigenvalue weighted by Gasteiger charge is 2.17. The number of fused-ring (bicyclic) bond motifs is 1. The van der Waals surface area contributed by atoms with E-state index in [-0.39, 0.29) is 0 Å². The van der Waals surface area contributed by atoms with Crippen LogP contribution in [0.15, 0.2) is 51.7 Å². The largest absolute Gasteiger partial charge is 0.479 e. The molecule has 0 N–H and O–H groups in total. The molecule has 2 aromatic carbocycles. The van der Waals surface area contributed by atoms with Crippen LogP contribution in [0.3, 0.4) is 0 Å². The molecule has 0 unspecified atom stereocenters. The number of methoxy groups -OCH3 is 1. The molecular weight excluding hydrogens is 332 g/mol. The number of carbonyl (C=O) groups is 1. The maximum Gasteiger partial charge on any atom is 0.346 e. The Labute approximate surface area is 151 Å². The number of aryl methyl sites for hydroxylation is 2. The summed E-state index contributed by atoms with van der Waals surface area (Å²) < 4.78 is 15.6. The first-order valence-electron chi connectivity index (χ1n) is 8.29. The molecule has 0 bridgehead atoms. The lowest BCUT2D eigenvalue weighted by Crippen LogP contribution is -2.24. The molecule has 0 aliphatic heterocycles. The predicted molar refractivity (Wildman–Crippen MR) is 99.5 cm³/mol. The zero-order valence-corrected chi connectivity index (χ0v) is 15.2. The normalized spacial score (nSPS) is 12.0. The van der Waals surface area contributed by atoms with E-state index in [0.29, 0.717) is 11.3 Å². The van der Waals surface area contributed by atoms with E-state index in [0.717, 1.165) is 27.6 Å². The van der Waals surface area contributed by atoms with Gasteiger partial charge in [-0.1, -0.05) is 18.2 Å². The van der Waals surface area contributed by atoms with Gasteiger partial charge >= 0.3 is 11.6 Å². The van der Waals surface area contributed by atoms with E-state index in [1.807, 2.05) is 38.1 Å². The van der Waals surface area contributed by atoms with Crippen molar-refractivity contribution in [2.45, 2.75) is 26.9 Å². The zero-order chi connectivity index (χ0) is 18.8. The molecule has 0 aliphatic rings. The van der Waals surface area contributed by atoms with Crippen LogP contribution in [0.2, 0.25) is 0 Å². The lowest BCUT2D eigenvalue weighted by Gasteiger charge is -2.14. The van der Waals surface area contributed by atoms with Crippen molar-refractivity contribution >= 4 is 16.9 Å². The van der Waals surface area contributed by atoms with E-state index in [1.165, 1.54) is 13.2 Å². The van der Waals surface area contributed by atoms with E-state index in [4.69, 9.17) is 9.15 Å². The third-order valence-corrected chi connectivity index (χ3v) is 4.31. The van der Waals surface area contributed by atoms with Crippen LogP contribution in [0.4, 0.5) is 0 Å². The minimum Gasteiger partial charge on any atom is -0.479 e. The summed E-state index contributed by atoms with van der Waals surface area (Å²) in [5, 5.41) is 0.806. The van der Waals surface area contributed by atoms with Crippen LogP contribution in [0.1, 0.15) is 18.1 Å². The van der Waals surface area contributed by atoms with Crippen molar-refractivity contribution in [3.8, 4) is 16.9 Å². The molecule has 26 heavy (non-hydrogen) atoms. The van der Waals surface area contributed by atoms with Gasteiger partial charge < -0.3 is 13.9 Å². The fourth-order valence-corrected chi connectivity index (χ4v) is 3.08. The number of esters is 1. The zero-order valence-electron chi connectivity index (χ0n) is 15.2. The minimum absolute atomic E-state index is 0.407. The Morgan fingerprint density at radius 3 is 2.42 bits per heavy atom.